The van der Waals surface area contributed by atoms with Crippen molar-refractivity contribution in [2.45, 2.75) is 19.9 Å². The summed E-state index contributed by atoms with van der Waals surface area (Å²) in [7, 11) is 0. The lowest BCUT2D eigenvalue weighted by Crippen LogP contribution is -2.25. The Kier molecular flexibility index (Phi) is 5.15. The lowest BCUT2D eigenvalue weighted by molar-refractivity contribution is -0.119. The lowest BCUT2D eigenvalue weighted by Gasteiger charge is -2.06. The smallest absolute Gasteiger partial charge is 0.251 e. The maximum Gasteiger partial charge on any atom is 0.251 e. The van der Waals surface area contributed by atoms with Gasteiger partial charge in [-0.25, -0.2) is 0 Å². The minimum Gasteiger partial charge on any atom is -0.469 e. The van der Waals surface area contributed by atoms with Crippen LogP contribution in [0, 0.1) is 0 Å². The normalized spacial score (nSPS) is 10.1. The zero-order valence-corrected chi connectivity index (χ0v) is 11.9. The Morgan fingerprint density at radius 3 is 2.48 bits per heavy atom. The molecule has 5 nitrogen and oxygen atoms in total. The maximum atomic E-state index is 11.9. The van der Waals surface area contributed by atoms with Gasteiger partial charge in [-0.1, -0.05) is 12.1 Å². The predicted octanol–water partition coefficient (Wildman–Crippen LogP) is 1.89. The van der Waals surface area contributed by atoms with Crippen LogP contribution >= 0.6 is 0 Å². The van der Waals surface area contributed by atoms with Crippen molar-refractivity contribution >= 4 is 11.8 Å². The number of hydrogen-bond acceptors (Lipinski definition) is 3. The summed E-state index contributed by atoms with van der Waals surface area (Å²) in [6.07, 6.45) is 2.28. The molecular weight excluding hydrogens is 268 g/mol. The van der Waals surface area contributed by atoms with Crippen molar-refractivity contribution in [3.63, 3.8) is 0 Å². The average Bonchev–Trinajstić information content (AvgIpc) is 2.99. The van der Waals surface area contributed by atoms with E-state index in [-0.39, 0.29) is 11.8 Å². The van der Waals surface area contributed by atoms with E-state index >= 15 is 0 Å². The number of nitrogens with one attached hydrogen (secondary N) is 2. The van der Waals surface area contributed by atoms with E-state index in [0.29, 0.717) is 25.1 Å². The third-order valence-electron chi connectivity index (χ3n) is 2.99. The summed E-state index contributed by atoms with van der Waals surface area (Å²) >= 11 is 0. The van der Waals surface area contributed by atoms with Crippen molar-refractivity contribution in [2.24, 2.45) is 0 Å². The quantitative estimate of drug-likeness (QED) is 0.852. The Hall–Kier alpha value is -2.56. The van der Waals surface area contributed by atoms with Crippen LogP contribution in [0.2, 0.25) is 0 Å². The Bertz CT molecular complexity index is 588. The van der Waals surface area contributed by atoms with Crippen molar-refractivity contribution in [3.05, 3.63) is 59.5 Å². The maximum absolute atomic E-state index is 11.9. The average molecular weight is 286 g/mol. The molecule has 0 fully saturated rings. The third-order valence-corrected chi connectivity index (χ3v) is 2.99. The van der Waals surface area contributed by atoms with Gasteiger partial charge in [-0.05, 0) is 29.8 Å². The minimum atomic E-state index is -0.118. The van der Waals surface area contributed by atoms with Gasteiger partial charge >= 0.3 is 0 Å². The molecule has 1 heterocycles. The first kappa shape index (κ1) is 14.8. The number of carbonyl (C=O) groups excluding carboxylic acids is 2. The van der Waals surface area contributed by atoms with Crippen LogP contribution in [0.15, 0.2) is 47.1 Å². The highest BCUT2D eigenvalue weighted by atomic mass is 16.3. The molecule has 0 saturated carbocycles. The SMILES string of the molecule is CC(=O)NCc1ccc(C(=O)NCCc2ccco2)cc1. The van der Waals surface area contributed by atoms with E-state index in [1.165, 1.54) is 6.92 Å². The molecule has 0 unspecified atom stereocenters. The third kappa shape index (κ3) is 4.80. The van der Waals surface area contributed by atoms with E-state index < -0.39 is 0 Å². The first-order chi connectivity index (χ1) is 10.1. The lowest BCUT2D eigenvalue weighted by atomic mass is 10.1. The van der Waals surface area contributed by atoms with Crippen molar-refractivity contribution in [1.29, 1.82) is 0 Å². The molecule has 0 saturated heterocycles. The van der Waals surface area contributed by atoms with Crippen LogP contribution in [0.4, 0.5) is 0 Å². The Morgan fingerprint density at radius 1 is 1.10 bits per heavy atom. The summed E-state index contributed by atoms with van der Waals surface area (Å²) in [4.78, 5) is 22.8. The van der Waals surface area contributed by atoms with Crippen LogP contribution in [0.1, 0.15) is 28.6 Å². The summed E-state index contributed by atoms with van der Waals surface area (Å²) in [5.41, 5.74) is 1.55. The molecule has 0 bridgehead atoms. The second-order valence-corrected chi connectivity index (χ2v) is 4.69. The van der Waals surface area contributed by atoms with E-state index in [4.69, 9.17) is 4.42 Å². The van der Waals surface area contributed by atoms with Crippen molar-refractivity contribution in [2.75, 3.05) is 6.54 Å². The molecule has 1 aromatic heterocycles. The van der Waals surface area contributed by atoms with Crippen LogP contribution in [0.5, 0.6) is 0 Å². The summed E-state index contributed by atoms with van der Waals surface area (Å²) < 4.78 is 5.20. The summed E-state index contributed by atoms with van der Waals surface area (Å²) in [5, 5.41) is 5.55. The Morgan fingerprint density at radius 2 is 1.86 bits per heavy atom. The molecule has 0 spiro atoms. The zero-order valence-electron chi connectivity index (χ0n) is 11.9. The number of furan rings is 1. The van der Waals surface area contributed by atoms with Crippen LogP contribution in [-0.4, -0.2) is 18.4 Å². The molecule has 110 valence electrons. The molecule has 1 aromatic carbocycles. The second-order valence-electron chi connectivity index (χ2n) is 4.69. The Labute approximate surface area is 123 Å². The van der Waals surface area contributed by atoms with Crippen LogP contribution in [0.25, 0.3) is 0 Å². The zero-order chi connectivity index (χ0) is 15.1. The van der Waals surface area contributed by atoms with Crippen LogP contribution in [0.3, 0.4) is 0 Å². The van der Waals surface area contributed by atoms with Gasteiger partial charge in [-0.2, -0.15) is 0 Å². The van der Waals surface area contributed by atoms with E-state index in [0.717, 1.165) is 11.3 Å². The fourth-order valence-electron chi connectivity index (χ4n) is 1.86. The molecule has 0 atom stereocenters. The highest BCUT2D eigenvalue weighted by Gasteiger charge is 2.05. The summed E-state index contributed by atoms with van der Waals surface area (Å²) in [6.45, 7) is 2.47. The minimum absolute atomic E-state index is 0.0743. The van der Waals surface area contributed by atoms with Crippen LogP contribution < -0.4 is 10.6 Å². The highest BCUT2D eigenvalue weighted by molar-refractivity contribution is 5.94. The molecule has 2 N–H and O–H groups in total. The molecule has 2 amide bonds. The molecule has 0 aliphatic heterocycles. The van der Waals surface area contributed by atoms with E-state index in [2.05, 4.69) is 10.6 Å². The molecule has 0 aliphatic rings. The molecular formula is C16H18N2O3. The number of hydrogen-bond donors (Lipinski definition) is 2. The fraction of sp³-hybridized carbons (Fsp3) is 0.250. The molecule has 2 aromatic rings. The standard InChI is InChI=1S/C16H18N2O3/c1-12(19)18-11-13-4-6-14(7-5-13)16(20)17-9-8-15-3-2-10-21-15/h2-7,10H,8-9,11H2,1H3,(H,17,20)(H,18,19). The molecule has 2 rings (SSSR count). The van der Waals surface area contributed by atoms with Gasteiger partial charge in [-0.15, -0.1) is 0 Å². The molecule has 5 heteroatoms. The molecule has 0 aliphatic carbocycles. The van der Waals surface area contributed by atoms with Gasteiger partial charge in [0.1, 0.15) is 5.76 Å². The largest absolute Gasteiger partial charge is 0.469 e. The van der Waals surface area contributed by atoms with E-state index in [1.54, 1.807) is 18.4 Å². The van der Waals surface area contributed by atoms with E-state index in [9.17, 15) is 9.59 Å². The number of benzene rings is 1. The van der Waals surface area contributed by atoms with Gasteiger partial charge in [0.15, 0.2) is 0 Å². The first-order valence-corrected chi connectivity index (χ1v) is 6.79. The Balaban J connectivity index is 1.80. The highest BCUT2D eigenvalue weighted by Crippen LogP contribution is 2.05. The molecule has 0 radical (unpaired) electrons. The first-order valence-electron chi connectivity index (χ1n) is 6.79. The number of carbonyl (C=O) groups is 2. The summed E-state index contributed by atoms with van der Waals surface area (Å²) in [6, 6.07) is 10.9. The molecule has 21 heavy (non-hydrogen) atoms. The summed E-state index contributed by atoms with van der Waals surface area (Å²) in [5.74, 6) is 0.656. The van der Waals surface area contributed by atoms with Crippen molar-refractivity contribution < 1.29 is 14.0 Å². The van der Waals surface area contributed by atoms with Gasteiger partial charge < -0.3 is 15.1 Å². The van der Waals surface area contributed by atoms with E-state index in [1.807, 2.05) is 24.3 Å². The number of amides is 2. The van der Waals surface area contributed by atoms with Gasteiger partial charge in [0, 0.05) is 32.0 Å². The predicted molar refractivity (Wildman–Crippen MR) is 78.7 cm³/mol. The van der Waals surface area contributed by atoms with Gasteiger partial charge in [0.25, 0.3) is 5.91 Å². The van der Waals surface area contributed by atoms with Gasteiger partial charge in [-0.3, -0.25) is 9.59 Å². The fourth-order valence-corrected chi connectivity index (χ4v) is 1.86. The van der Waals surface area contributed by atoms with Crippen LogP contribution in [-0.2, 0) is 17.8 Å². The second kappa shape index (κ2) is 7.28. The van der Waals surface area contributed by atoms with Gasteiger partial charge in [0.05, 0.1) is 6.26 Å². The van der Waals surface area contributed by atoms with Gasteiger partial charge in [0.2, 0.25) is 5.91 Å². The topological polar surface area (TPSA) is 71.3 Å². The monoisotopic (exact) mass is 286 g/mol. The van der Waals surface area contributed by atoms with Crippen molar-refractivity contribution in [1.82, 2.24) is 10.6 Å². The van der Waals surface area contributed by atoms with Crippen molar-refractivity contribution in [3.8, 4) is 0 Å². The number of rotatable bonds is 6.